The summed E-state index contributed by atoms with van der Waals surface area (Å²) in [4.78, 5) is 12.9. The van der Waals surface area contributed by atoms with Gasteiger partial charge in [-0.3, -0.25) is 9.10 Å². The number of nitrogens with one attached hydrogen (secondary N) is 1. The molecule has 174 valence electrons. The van der Waals surface area contributed by atoms with Crippen molar-refractivity contribution in [3.8, 4) is 5.75 Å². The van der Waals surface area contributed by atoms with Crippen LogP contribution in [0.25, 0.3) is 0 Å². The number of ether oxygens (including phenoxy) is 1. The van der Waals surface area contributed by atoms with Gasteiger partial charge in [-0.25, -0.2) is 8.42 Å². The Morgan fingerprint density at radius 2 is 1.55 bits per heavy atom. The van der Waals surface area contributed by atoms with Gasteiger partial charge >= 0.3 is 0 Å². The highest BCUT2D eigenvalue weighted by molar-refractivity contribution is 7.92. The summed E-state index contributed by atoms with van der Waals surface area (Å²) in [6.45, 7) is 7.96. The van der Waals surface area contributed by atoms with Gasteiger partial charge in [0.25, 0.3) is 10.0 Å². The molecule has 1 amide bonds. The minimum absolute atomic E-state index is 0.134. The molecule has 0 spiro atoms. The van der Waals surface area contributed by atoms with Gasteiger partial charge in [-0.05, 0) is 80.3 Å². The number of sulfonamides is 1. The third-order valence-electron chi connectivity index (χ3n) is 5.14. The molecule has 0 aliphatic rings. The minimum atomic E-state index is -3.93. The van der Waals surface area contributed by atoms with E-state index in [2.05, 4.69) is 5.32 Å². The van der Waals surface area contributed by atoms with Crippen molar-refractivity contribution < 1.29 is 17.9 Å². The third-order valence-corrected chi connectivity index (χ3v) is 6.93. The first-order valence-electron chi connectivity index (χ1n) is 10.8. The zero-order valence-corrected chi connectivity index (χ0v) is 20.3. The first-order valence-corrected chi connectivity index (χ1v) is 12.2. The van der Waals surface area contributed by atoms with Crippen molar-refractivity contribution in [2.45, 2.75) is 32.6 Å². The summed E-state index contributed by atoms with van der Waals surface area (Å²) < 4.78 is 33.7. The lowest BCUT2D eigenvalue weighted by molar-refractivity contribution is -0.119. The van der Waals surface area contributed by atoms with Crippen LogP contribution in [0.5, 0.6) is 5.75 Å². The van der Waals surface area contributed by atoms with Gasteiger partial charge in [0.1, 0.15) is 18.9 Å². The number of amides is 1. The van der Waals surface area contributed by atoms with Crippen LogP contribution >= 0.6 is 0 Å². The van der Waals surface area contributed by atoms with Crippen LogP contribution in [0.3, 0.4) is 0 Å². The van der Waals surface area contributed by atoms with Gasteiger partial charge in [0.2, 0.25) is 5.91 Å². The number of nitrogens with zero attached hydrogens (tertiary/aromatic N) is 1. The molecular formula is C26H30N2O4S. The van der Waals surface area contributed by atoms with E-state index in [0.717, 1.165) is 32.3 Å². The molecule has 0 saturated heterocycles. The lowest BCUT2D eigenvalue weighted by Gasteiger charge is -2.25. The fourth-order valence-electron chi connectivity index (χ4n) is 3.53. The number of carbonyl (C=O) groups excluding carboxylic acids is 1. The normalized spacial score (nSPS) is 11.2. The zero-order valence-electron chi connectivity index (χ0n) is 19.5. The van der Waals surface area contributed by atoms with E-state index in [0.29, 0.717) is 5.69 Å². The lowest BCUT2D eigenvalue weighted by Crippen LogP contribution is -2.42. The van der Waals surface area contributed by atoms with E-state index < -0.39 is 15.9 Å². The Morgan fingerprint density at radius 3 is 2.21 bits per heavy atom. The average molecular weight is 467 g/mol. The topological polar surface area (TPSA) is 75.7 Å². The monoisotopic (exact) mass is 466 g/mol. The van der Waals surface area contributed by atoms with Crippen LogP contribution in [-0.2, 0) is 14.8 Å². The maximum absolute atomic E-state index is 13.4. The van der Waals surface area contributed by atoms with Gasteiger partial charge in [0.15, 0.2) is 0 Å². The Morgan fingerprint density at radius 1 is 0.879 bits per heavy atom. The zero-order chi connectivity index (χ0) is 24.0. The highest BCUT2D eigenvalue weighted by Gasteiger charge is 2.27. The molecular weight excluding hydrogens is 436 g/mol. The van der Waals surface area contributed by atoms with Crippen LogP contribution in [0, 0.1) is 27.7 Å². The van der Waals surface area contributed by atoms with Crippen molar-refractivity contribution in [1.29, 1.82) is 0 Å². The van der Waals surface area contributed by atoms with Gasteiger partial charge in [-0.1, -0.05) is 36.4 Å². The van der Waals surface area contributed by atoms with E-state index in [1.54, 1.807) is 30.3 Å². The van der Waals surface area contributed by atoms with Gasteiger partial charge in [-0.2, -0.15) is 0 Å². The Hall–Kier alpha value is -3.32. The fourth-order valence-corrected chi connectivity index (χ4v) is 4.96. The number of aryl methyl sites for hydroxylation is 4. The van der Waals surface area contributed by atoms with Crippen LogP contribution in [0.1, 0.15) is 22.3 Å². The van der Waals surface area contributed by atoms with Gasteiger partial charge in [0.05, 0.1) is 17.1 Å². The fraction of sp³-hybridized carbons (Fsp3) is 0.269. The van der Waals surface area contributed by atoms with Crippen molar-refractivity contribution in [3.05, 3.63) is 89.0 Å². The van der Waals surface area contributed by atoms with E-state index >= 15 is 0 Å². The quantitative estimate of drug-likeness (QED) is 0.477. The molecule has 3 aromatic carbocycles. The largest absolute Gasteiger partial charge is 0.491 e. The van der Waals surface area contributed by atoms with Crippen molar-refractivity contribution in [3.63, 3.8) is 0 Å². The summed E-state index contributed by atoms with van der Waals surface area (Å²) in [7, 11) is -3.93. The van der Waals surface area contributed by atoms with Crippen LogP contribution in [0.2, 0.25) is 0 Å². The lowest BCUT2D eigenvalue weighted by atomic mass is 10.1. The van der Waals surface area contributed by atoms with E-state index in [1.165, 1.54) is 12.1 Å². The van der Waals surface area contributed by atoms with E-state index in [-0.39, 0.29) is 24.6 Å². The highest BCUT2D eigenvalue weighted by Crippen LogP contribution is 2.25. The second-order valence-corrected chi connectivity index (χ2v) is 10.0. The molecule has 0 unspecified atom stereocenters. The standard InChI is InChI=1S/C26H30N2O4S/c1-19-10-11-22(4)25(17-19)32-13-12-27-26(29)18-28(23-15-20(2)14-21(3)16-23)33(30,31)24-8-6-5-7-9-24/h5-11,14-17H,12-13,18H2,1-4H3,(H,27,29). The number of hydrogen-bond acceptors (Lipinski definition) is 4. The number of anilines is 1. The molecule has 0 bridgehead atoms. The maximum Gasteiger partial charge on any atom is 0.264 e. The molecule has 0 aliphatic carbocycles. The smallest absolute Gasteiger partial charge is 0.264 e. The summed E-state index contributed by atoms with van der Waals surface area (Å²) in [6, 6.07) is 19.6. The van der Waals surface area contributed by atoms with Crippen LogP contribution in [0.15, 0.2) is 71.6 Å². The second-order valence-electron chi connectivity index (χ2n) is 8.14. The summed E-state index contributed by atoms with van der Waals surface area (Å²) in [5, 5.41) is 2.77. The van der Waals surface area contributed by atoms with Gasteiger partial charge in [0, 0.05) is 0 Å². The van der Waals surface area contributed by atoms with Gasteiger partial charge in [-0.15, -0.1) is 0 Å². The second kappa shape index (κ2) is 10.5. The molecule has 33 heavy (non-hydrogen) atoms. The first kappa shape index (κ1) is 24.3. The average Bonchev–Trinajstić information content (AvgIpc) is 2.77. The molecule has 1 N–H and O–H groups in total. The van der Waals surface area contributed by atoms with E-state index in [4.69, 9.17) is 4.74 Å². The SMILES string of the molecule is Cc1cc(C)cc(N(CC(=O)NCCOc2cc(C)ccc2C)S(=O)(=O)c2ccccc2)c1. The molecule has 0 saturated carbocycles. The number of benzene rings is 3. The molecule has 3 aromatic rings. The van der Waals surface area contributed by atoms with Crippen LogP contribution < -0.4 is 14.4 Å². The predicted octanol–water partition coefficient (Wildman–Crippen LogP) is 4.31. The van der Waals surface area contributed by atoms with Crippen molar-refractivity contribution in [2.75, 3.05) is 24.0 Å². The first-order chi connectivity index (χ1) is 15.7. The molecule has 0 atom stereocenters. The number of hydrogen-bond donors (Lipinski definition) is 1. The van der Waals surface area contributed by atoms with Gasteiger partial charge < -0.3 is 10.1 Å². The number of rotatable bonds is 9. The number of carbonyl (C=O) groups is 1. The summed E-state index contributed by atoms with van der Waals surface area (Å²) in [6.07, 6.45) is 0. The van der Waals surface area contributed by atoms with E-state index in [1.807, 2.05) is 52.0 Å². The molecule has 0 radical (unpaired) electrons. The summed E-state index contributed by atoms with van der Waals surface area (Å²) >= 11 is 0. The summed E-state index contributed by atoms with van der Waals surface area (Å²) in [5.41, 5.74) is 4.40. The molecule has 0 fully saturated rings. The van der Waals surface area contributed by atoms with Crippen molar-refractivity contribution in [1.82, 2.24) is 5.32 Å². The third kappa shape index (κ3) is 6.35. The van der Waals surface area contributed by atoms with Crippen molar-refractivity contribution >= 4 is 21.6 Å². The highest BCUT2D eigenvalue weighted by atomic mass is 32.2. The predicted molar refractivity (Wildman–Crippen MR) is 131 cm³/mol. The Kier molecular flexibility index (Phi) is 7.76. The molecule has 3 rings (SSSR count). The van der Waals surface area contributed by atoms with Crippen LogP contribution in [0.4, 0.5) is 5.69 Å². The van der Waals surface area contributed by atoms with Crippen molar-refractivity contribution in [2.24, 2.45) is 0 Å². The molecule has 6 nitrogen and oxygen atoms in total. The Bertz CT molecular complexity index is 1200. The summed E-state index contributed by atoms with van der Waals surface area (Å²) in [5.74, 6) is 0.367. The molecule has 7 heteroatoms. The maximum atomic E-state index is 13.4. The van der Waals surface area contributed by atoms with Crippen LogP contribution in [-0.4, -0.2) is 34.0 Å². The molecule has 0 aromatic heterocycles. The van der Waals surface area contributed by atoms with E-state index in [9.17, 15) is 13.2 Å². The Labute approximate surface area is 196 Å². The molecule has 0 aliphatic heterocycles. The minimum Gasteiger partial charge on any atom is -0.491 e. The molecule has 0 heterocycles. The Balaban J connectivity index is 1.73.